The lowest BCUT2D eigenvalue weighted by molar-refractivity contribution is -0.140. The number of rotatable bonds is 13. The second-order valence-corrected chi connectivity index (χ2v) is 10.4. The first-order chi connectivity index (χ1) is 17.0. The number of anilines is 1. The molecule has 1 N–H and O–H groups in total. The summed E-state index contributed by atoms with van der Waals surface area (Å²) in [4.78, 5) is 27.0. The van der Waals surface area contributed by atoms with E-state index in [2.05, 4.69) is 5.32 Å². The molecule has 36 heavy (non-hydrogen) atoms. The molecule has 0 bridgehead atoms. The predicted molar refractivity (Wildman–Crippen MR) is 132 cm³/mol. The number of carbonyl (C=O) groups excluding carboxylic acids is 2. The minimum absolute atomic E-state index is 0.0306. The number of hydrogen-bond acceptors (Lipinski definition) is 4. The maximum absolute atomic E-state index is 14.3. The first kappa shape index (κ1) is 29.2. The molecule has 2 rings (SSSR count). The number of sulfonamides is 1. The largest absolute Gasteiger partial charge is 0.354 e. The molecule has 0 unspecified atom stereocenters. The first-order valence-electron chi connectivity index (χ1n) is 11.7. The number of halogens is 3. The lowest BCUT2D eigenvalue weighted by Crippen LogP contribution is -2.48. The number of carbonyl (C=O) groups is 2. The van der Waals surface area contributed by atoms with Crippen molar-refractivity contribution in [3.63, 3.8) is 0 Å². The summed E-state index contributed by atoms with van der Waals surface area (Å²) in [6.07, 6.45) is 2.44. The quantitative estimate of drug-likeness (QED) is 0.399. The summed E-state index contributed by atoms with van der Waals surface area (Å²) in [6, 6.07) is 7.75. The van der Waals surface area contributed by atoms with Crippen LogP contribution in [0, 0.1) is 17.5 Å². The van der Waals surface area contributed by atoms with Crippen LogP contribution in [0.2, 0.25) is 0 Å². The van der Waals surface area contributed by atoms with Gasteiger partial charge in [0.1, 0.15) is 11.9 Å². The van der Waals surface area contributed by atoms with Gasteiger partial charge in [0.2, 0.25) is 21.8 Å². The van der Waals surface area contributed by atoms with E-state index in [-0.39, 0.29) is 43.1 Å². The van der Waals surface area contributed by atoms with Crippen LogP contribution in [0.1, 0.15) is 45.1 Å². The van der Waals surface area contributed by atoms with Crippen molar-refractivity contribution in [1.82, 2.24) is 10.2 Å². The average Bonchev–Trinajstić information content (AvgIpc) is 2.82. The zero-order valence-electron chi connectivity index (χ0n) is 20.6. The molecule has 1 atom stereocenters. The highest BCUT2D eigenvalue weighted by molar-refractivity contribution is 7.92. The Morgan fingerprint density at radius 2 is 1.69 bits per heavy atom. The number of hydrogen-bond donors (Lipinski definition) is 1. The summed E-state index contributed by atoms with van der Waals surface area (Å²) in [6.45, 7) is 3.64. The van der Waals surface area contributed by atoms with Crippen LogP contribution in [0.15, 0.2) is 42.5 Å². The highest BCUT2D eigenvalue weighted by Gasteiger charge is 2.27. The molecular formula is C25H32F3N3O4S. The Bertz CT molecular complexity index is 1160. The van der Waals surface area contributed by atoms with Gasteiger partial charge in [-0.1, -0.05) is 31.5 Å². The average molecular weight is 528 g/mol. The highest BCUT2D eigenvalue weighted by Crippen LogP contribution is 2.22. The molecule has 198 valence electrons. The van der Waals surface area contributed by atoms with Crippen molar-refractivity contribution in [2.45, 2.75) is 52.1 Å². The monoisotopic (exact) mass is 527 g/mol. The Balaban J connectivity index is 2.17. The van der Waals surface area contributed by atoms with E-state index in [1.165, 1.54) is 23.1 Å². The fraction of sp³-hybridized carbons (Fsp3) is 0.440. The van der Waals surface area contributed by atoms with Crippen molar-refractivity contribution in [1.29, 1.82) is 0 Å². The van der Waals surface area contributed by atoms with E-state index in [9.17, 15) is 31.2 Å². The molecule has 0 saturated carbocycles. The molecule has 0 aliphatic heterocycles. The summed E-state index contributed by atoms with van der Waals surface area (Å²) >= 11 is 0. The van der Waals surface area contributed by atoms with E-state index in [4.69, 9.17) is 0 Å². The standard InChI is InChI=1S/C25H32F3N3O4S/c1-4-5-14-29-25(33)18(2)30(17-19-9-6-7-10-21(19)26)24(32)11-8-15-31(36(3,34)35)20-12-13-22(27)23(28)16-20/h6-7,9-10,12-13,16,18H,4-5,8,11,14-15,17H2,1-3H3,(H,29,33)/t18-/m1/s1. The predicted octanol–water partition coefficient (Wildman–Crippen LogP) is 3.98. The van der Waals surface area contributed by atoms with E-state index >= 15 is 0 Å². The van der Waals surface area contributed by atoms with E-state index in [0.717, 1.165) is 41.6 Å². The van der Waals surface area contributed by atoms with Crippen LogP contribution in [-0.2, 0) is 26.2 Å². The van der Waals surface area contributed by atoms with Crippen LogP contribution in [0.3, 0.4) is 0 Å². The van der Waals surface area contributed by atoms with Gasteiger partial charge in [-0.25, -0.2) is 21.6 Å². The molecule has 0 aliphatic rings. The van der Waals surface area contributed by atoms with Crippen LogP contribution >= 0.6 is 0 Å². The van der Waals surface area contributed by atoms with E-state index in [0.29, 0.717) is 6.54 Å². The van der Waals surface area contributed by atoms with Crippen molar-refractivity contribution >= 4 is 27.5 Å². The lowest BCUT2D eigenvalue weighted by atomic mass is 10.1. The maximum atomic E-state index is 14.3. The van der Waals surface area contributed by atoms with Crippen molar-refractivity contribution in [2.24, 2.45) is 0 Å². The highest BCUT2D eigenvalue weighted by atomic mass is 32.2. The van der Waals surface area contributed by atoms with E-state index < -0.39 is 39.4 Å². The number of benzene rings is 2. The van der Waals surface area contributed by atoms with Crippen LogP contribution < -0.4 is 9.62 Å². The Morgan fingerprint density at radius 3 is 2.31 bits per heavy atom. The summed E-state index contributed by atoms with van der Waals surface area (Å²) in [5, 5.41) is 2.76. The summed E-state index contributed by atoms with van der Waals surface area (Å²) < 4.78 is 66.7. The van der Waals surface area contributed by atoms with Crippen LogP contribution in [0.4, 0.5) is 18.9 Å². The molecule has 0 fully saturated rings. The molecule has 0 radical (unpaired) electrons. The van der Waals surface area contributed by atoms with Gasteiger partial charge in [0, 0.05) is 37.7 Å². The molecule has 2 amide bonds. The van der Waals surface area contributed by atoms with Gasteiger partial charge < -0.3 is 10.2 Å². The molecule has 2 aromatic carbocycles. The van der Waals surface area contributed by atoms with Crippen LogP contribution in [-0.4, -0.2) is 50.5 Å². The normalized spacial score (nSPS) is 12.2. The third-order valence-corrected chi connectivity index (χ3v) is 6.83. The van der Waals surface area contributed by atoms with Gasteiger partial charge in [-0.05, 0) is 38.0 Å². The third-order valence-electron chi connectivity index (χ3n) is 5.64. The summed E-state index contributed by atoms with van der Waals surface area (Å²) in [5.41, 5.74) is 0.161. The summed E-state index contributed by atoms with van der Waals surface area (Å²) in [5.74, 6) is -3.69. The van der Waals surface area contributed by atoms with Gasteiger partial charge in [0.25, 0.3) is 0 Å². The van der Waals surface area contributed by atoms with Crippen molar-refractivity contribution < 1.29 is 31.2 Å². The van der Waals surface area contributed by atoms with Crippen molar-refractivity contribution in [2.75, 3.05) is 23.7 Å². The number of nitrogens with one attached hydrogen (secondary N) is 1. The smallest absolute Gasteiger partial charge is 0.242 e. The van der Waals surface area contributed by atoms with Crippen LogP contribution in [0.5, 0.6) is 0 Å². The molecule has 2 aromatic rings. The van der Waals surface area contributed by atoms with Gasteiger partial charge in [-0.2, -0.15) is 0 Å². The second kappa shape index (κ2) is 13.3. The maximum Gasteiger partial charge on any atom is 0.242 e. The van der Waals surface area contributed by atoms with Gasteiger partial charge in [-0.3, -0.25) is 13.9 Å². The minimum atomic E-state index is -3.86. The number of unbranched alkanes of at least 4 members (excludes halogenated alkanes) is 1. The van der Waals surface area contributed by atoms with Gasteiger partial charge in [-0.15, -0.1) is 0 Å². The second-order valence-electron chi connectivity index (χ2n) is 8.47. The fourth-order valence-electron chi connectivity index (χ4n) is 3.57. The van der Waals surface area contributed by atoms with Crippen molar-refractivity contribution in [3.05, 3.63) is 65.5 Å². The SMILES string of the molecule is CCCCNC(=O)[C@@H](C)N(Cc1ccccc1F)C(=O)CCCN(c1ccc(F)c(F)c1)S(C)(=O)=O. The van der Waals surface area contributed by atoms with Gasteiger partial charge >= 0.3 is 0 Å². The number of amides is 2. The zero-order valence-corrected chi connectivity index (χ0v) is 21.5. The molecule has 0 aliphatic carbocycles. The Labute approximate surface area is 210 Å². The molecule has 11 heteroatoms. The molecule has 7 nitrogen and oxygen atoms in total. The Hall–Kier alpha value is -3.08. The zero-order chi connectivity index (χ0) is 26.9. The third kappa shape index (κ3) is 8.25. The first-order valence-corrected chi connectivity index (χ1v) is 13.5. The van der Waals surface area contributed by atoms with E-state index in [1.54, 1.807) is 13.0 Å². The van der Waals surface area contributed by atoms with Gasteiger partial charge in [0.15, 0.2) is 11.6 Å². The van der Waals surface area contributed by atoms with Crippen LogP contribution in [0.25, 0.3) is 0 Å². The topological polar surface area (TPSA) is 86.8 Å². The van der Waals surface area contributed by atoms with Crippen molar-refractivity contribution in [3.8, 4) is 0 Å². The Morgan fingerprint density at radius 1 is 1.00 bits per heavy atom. The minimum Gasteiger partial charge on any atom is -0.354 e. The number of nitrogens with zero attached hydrogens (tertiary/aromatic N) is 2. The summed E-state index contributed by atoms with van der Waals surface area (Å²) in [7, 11) is -3.86. The Kier molecular flexibility index (Phi) is 10.8. The molecular weight excluding hydrogens is 495 g/mol. The molecule has 0 spiro atoms. The van der Waals surface area contributed by atoms with Gasteiger partial charge in [0.05, 0.1) is 11.9 Å². The fourth-order valence-corrected chi connectivity index (χ4v) is 4.53. The molecule has 0 saturated heterocycles. The lowest BCUT2D eigenvalue weighted by Gasteiger charge is -2.29. The molecule has 0 heterocycles. The molecule has 0 aromatic heterocycles. The van der Waals surface area contributed by atoms with E-state index in [1.807, 2.05) is 6.92 Å².